The van der Waals surface area contributed by atoms with E-state index in [0.29, 0.717) is 5.75 Å². The Balaban J connectivity index is 2.00. The van der Waals surface area contributed by atoms with Gasteiger partial charge in [0.25, 0.3) is 5.69 Å². The number of benzene rings is 2. The number of ether oxygens (including phenoxy) is 1. The summed E-state index contributed by atoms with van der Waals surface area (Å²) >= 11 is 0. The van der Waals surface area contributed by atoms with E-state index >= 15 is 0 Å². The number of sulfone groups is 1. The molecule has 6 nitrogen and oxygen atoms in total. The molecular weight excluding hydrogens is 342 g/mol. The van der Waals surface area contributed by atoms with Crippen LogP contribution in [0, 0.1) is 10.1 Å². The molecule has 3 rings (SSSR count). The lowest BCUT2D eigenvalue weighted by Crippen LogP contribution is -2.11. The quantitative estimate of drug-likeness (QED) is 0.594. The van der Waals surface area contributed by atoms with Gasteiger partial charge in [-0.2, -0.15) is 0 Å². The molecule has 0 spiro atoms. The Morgan fingerprint density at radius 2 is 1.72 bits per heavy atom. The SMILES string of the molecule is CS(=O)(=O)c1ccc(-c2ccc([N+](=O)[O-])cc2OC2CCCC2)cc1. The highest BCUT2D eigenvalue weighted by atomic mass is 32.2. The third-order valence-electron chi connectivity index (χ3n) is 4.37. The van der Waals surface area contributed by atoms with E-state index < -0.39 is 14.8 Å². The first kappa shape index (κ1) is 17.4. The van der Waals surface area contributed by atoms with Crippen molar-refractivity contribution in [2.45, 2.75) is 36.7 Å². The van der Waals surface area contributed by atoms with Gasteiger partial charge in [-0.15, -0.1) is 0 Å². The minimum absolute atomic E-state index is 0.0236. The van der Waals surface area contributed by atoms with Crippen molar-refractivity contribution in [3.63, 3.8) is 0 Å². The third kappa shape index (κ3) is 3.99. The van der Waals surface area contributed by atoms with E-state index in [4.69, 9.17) is 4.74 Å². The van der Waals surface area contributed by atoms with Gasteiger partial charge in [-0.1, -0.05) is 12.1 Å². The second kappa shape index (κ2) is 6.84. The van der Waals surface area contributed by atoms with E-state index in [0.717, 1.165) is 43.1 Å². The monoisotopic (exact) mass is 361 g/mol. The Labute approximate surface area is 146 Å². The van der Waals surface area contributed by atoms with Crippen molar-refractivity contribution in [2.75, 3.05) is 6.26 Å². The number of hydrogen-bond donors (Lipinski definition) is 0. The maximum absolute atomic E-state index is 11.6. The lowest BCUT2D eigenvalue weighted by molar-refractivity contribution is -0.384. The van der Waals surface area contributed by atoms with Gasteiger partial charge in [0.1, 0.15) is 5.75 Å². The maximum atomic E-state index is 11.6. The molecule has 0 heterocycles. The van der Waals surface area contributed by atoms with Crippen molar-refractivity contribution in [1.29, 1.82) is 0 Å². The number of rotatable bonds is 5. The van der Waals surface area contributed by atoms with Gasteiger partial charge in [0.2, 0.25) is 0 Å². The molecule has 0 aromatic heterocycles. The van der Waals surface area contributed by atoms with Gasteiger partial charge in [0, 0.05) is 17.9 Å². The fourth-order valence-corrected chi connectivity index (χ4v) is 3.66. The number of nitro groups is 1. The molecule has 1 aliphatic rings. The molecule has 1 fully saturated rings. The first-order valence-electron chi connectivity index (χ1n) is 8.10. The van der Waals surface area contributed by atoms with E-state index in [-0.39, 0.29) is 16.7 Å². The summed E-state index contributed by atoms with van der Waals surface area (Å²) in [5.41, 5.74) is 1.46. The van der Waals surface area contributed by atoms with Crippen LogP contribution in [-0.4, -0.2) is 25.7 Å². The molecule has 7 heteroatoms. The molecular formula is C18H19NO5S. The van der Waals surface area contributed by atoms with Crippen molar-refractivity contribution in [3.8, 4) is 16.9 Å². The Hall–Kier alpha value is -2.41. The predicted octanol–water partition coefficient (Wildman–Crippen LogP) is 3.99. The largest absolute Gasteiger partial charge is 0.490 e. The van der Waals surface area contributed by atoms with E-state index in [1.54, 1.807) is 18.2 Å². The summed E-state index contributed by atoms with van der Waals surface area (Å²) in [7, 11) is -3.27. The van der Waals surface area contributed by atoms with Crippen LogP contribution in [0.25, 0.3) is 11.1 Å². The second-order valence-corrected chi connectivity index (χ2v) is 8.27. The minimum atomic E-state index is -3.27. The highest BCUT2D eigenvalue weighted by Crippen LogP contribution is 2.36. The number of nitrogens with zero attached hydrogens (tertiary/aromatic N) is 1. The molecule has 2 aromatic carbocycles. The van der Waals surface area contributed by atoms with Crippen LogP contribution < -0.4 is 4.74 Å². The molecule has 1 aliphatic carbocycles. The van der Waals surface area contributed by atoms with Gasteiger partial charge in [-0.05, 0) is 49.4 Å². The summed E-state index contributed by atoms with van der Waals surface area (Å²) in [4.78, 5) is 10.9. The lowest BCUT2D eigenvalue weighted by Gasteiger charge is -2.16. The van der Waals surface area contributed by atoms with Gasteiger partial charge >= 0.3 is 0 Å². The summed E-state index contributed by atoms with van der Waals surface area (Å²) in [6.45, 7) is 0. The minimum Gasteiger partial charge on any atom is -0.490 e. The van der Waals surface area contributed by atoms with Crippen molar-refractivity contribution in [3.05, 3.63) is 52.6 Å². The number of nitro benzene ring substituents is 1. The number of non-ortho nitro benzene ring substituents is 1. The topological polar surface area (TPSA) is 86.5 Å². The lowest BCUT2D eigenvalue weighted by atomic mass is 10.0. The second-order valence-electron chi connectivity index (χ2n) is 6.26. The average molecular weight is 361 g/mol. The fraction of sp³-hybridized carbons (Fsp3) is 0.333. The summed E-state index contributed by atoms with van der Waals surface area (Å²) in [5.74, 6) is 0.466. The van der Waals surface area contributed by atoms with Crippen molar-refractivity contribution in [2.24, 2.45) is 0 Å². The van der Waals surface area contributed by atoms with Gasteiger partial charge in [0.05, 0.1) is 22.0 Å². The van der Waals surface area contributed by atoms with E-state index in [1.807, 2.05) is 0 Å². The average Bonchev–Trinajstić information content (AvgIpc) is 3.07. The molecule has 0 unspecified atom stereocenters. The summed E-state index contributed by atoms with van der Waals surface area (Å²) in [5, 5.41) is 11.1. The molecule has 0 amide bonds. The highest BCUT2D eigenvalue weighted by Gasteiger charge is 2.21. The Morgan fingerprint density at radius 1 is 1.08 bits per heavy atom. The van der Waals surface area contributed by atoms with Gasteiger partial charge in [0.15, 0.2) is 9.84 Å². The van der Waals surface area contributed by atoms with Crippen LogP contribution >= 0.6 is 0 Å². The normalized spacial score (nSPS) is 15.2. The molecule has 25 heavy (non-hydrogen) atoms. The first-order valence-corrected chi connectivity index (χ1v) is 9.99. The van der Waals surface area contributed by atoms with Crippen LogP contribution in [0.15, 0.2) is 47.4 Å². The zero-order valence-corrected chi connectivity index (χ0v) is 14.7. The van der Waals surface area contributed by atoms with Crippen LogP contribution in [0.1, 0.15) is 25.7 Å². The van der Waals surface area contributed by atoms with Crippen LogP contribution in [0.4, 0.5) is 5.69 Å². The standard InChI is InChI=1S/C18H19NO5S/c1-25(22,23)16-9-6-13(7-10-16)17-11-8-14(19(20)21)12-18(17)24-15-4-2-3-5-15/h6-12,15H,2-5H2,1H3. The molecule has 2 aromatic rings. The highest BCUT2D eigenvalue weighted by molar-refractivity contribution is 7.90. The van der Waals surface area contributed by atoms with Crippen LogP contribution in [-0.2, 0) is 9.84 Å². The zero-order chi connectivity index (χ0) is 18.0. The maximum Gasteiger partial charge on any atom is 0.273 e. The zero-order valence-electron chi connectivity index (χ0n) is 13.8. The van der Waals surface area contributed by atoms with E-state index in [2.05, 4.69) is 0 Å². The molecule has 1 saturated carbocycles. The Bertz CT molecular complexity index is 884. The molecule has 0 saturated heterocycles. The van der Waals surface area contributed by atoms with Crippen molar-refractivity contribution in [1.82, 2.24) is 0 Å². The summed E-state index contributed by atoms with van der Waals surface area (Å²) < 4.78 is 29.2. The van der Waals surface area contributed by atoms with Gasteiger partial charge in [-0.25, -0.2) is 8.42 Å². The van der Waals surface area contributed by atoms with Crippen LogP contribution in [0.3, 0.4) is 0 Å². The Kier molecular flexibility index (Phi) is 4.76. The summed E-state index contributed by atoms with van der Waals surface area (Å²) in [6.07, 6.45) is 5.29. The third-order valence-corrected chi connectivity index (χ3v) is 5.49. The molecule has 0 atom stereocenters. The van der Waals surface area contributed by atoms with Gasteiger partial charge in [-0.3, -0.25) is 10.1 Å². The van der Waals surface area contributed by atoms with Gasteiger partial charge < -0.3 is 4.74 Å². The fourth-order valence-electron chi connectivity index (χ4n) is 3.03. The van der Waals surface area contributed by atoms with E-state index in [1.165, 1.54) is 24.3 Å². The van der Waals surface area contributed by atoms with Crippen molar-refractivity contribution >= 4 is 15.5 Å². The number of hydrogen-bond acceptors (Lipinski definition) is 5. The molecule has 132 valence electrons. The summed E-state index contributed by atoms with van der Waals surface area (Å²) in [6, 6.07) is 11.0. The van der Waals surface area contributed by atoms with Crippen molar-refractivity contribution < 1.29 is 18.1 Å². The molecule has 0 N–H and O–H groups in total. The van der Waals surface area contributed by atoms with Crippen LogP contribution in [0.5, 0.6) is 5.75 Å². The molecule has 0 aliphatic heterocycles. The van der Waals surface area contributed by atoms with Crippen LogP contribution in [0.2, 0.25) is 0 Å². The first-order chi connectivity index (χ1) is 11.8. The van der Waals surface area contributed by atoms with E-state index in [9.17, 15) is 18.5 Å². The molecule has 0 bridgehead atoms. The smallest absolute Gasteiger partial charge is 0.273 e. The Morgan fingerprint density at radius 3 is 2.28 bits per heavy atom. The predicted molar refractivity (Wildman–Crippen MR) is 94.5 cm³/mol. The molecule has 0 radical (unpaired) electrons.